The Morgan fingerprint density at radius 2 is 1.95 bits per heavy atom. The minimum Gasteiger partial charge on any atom is -0.508 e. The number of phenols is 1. The normalized spacial score (nSPS) is 10.7. The van der Waals surface area contributed by atoms with Gasteiger partial charge >= 0.3 is 0 Å². The van der Waals surface area contributed by atoms with E-state index in [0.717, 1.165) is 21.7 Å². The van der Waals surface area contributed by atoms with Crippen molar-refractivity contribution in [2.24, 2.45) is 0 Å². The molecule has 1 aromatic heterocycles. The Balaban J connectivity index is 1.78. The van der Waals surface area contributed by atoms with Crippen LogP contribution in [0.4, 0.5) is 0 Å². The van der Waals surface area contributed by atoms with Crippen LogP contribution in [0.5, 0.6) is 5.75 Å². The van der Waals surface area contributed by atoms with Crippen LogP contribution in [0.1, 0.15) is 5.69 Å². The average molecular weight is 318 g/mol. The zero-order valence-electron chi connectivity index (χ0n) is 11.0. The summed E-state index contributed by atoms with van der Waals surface area (Å²) < 4.78 is 5.10. The Bertz CT molecular complexity index is 740. The number of hydrogen-bond donors (Lipinski definition) is 1. The third-order valence-electron chi connectivity index (χ3n) is 2.99. The fourth-order valence-corrected chi connectivity index (χ4v) is 2.97. The summed E-state index contributed by atoms with van der Waals surface area (Å²) in [4.78, 5) is 0.986. The number of benzene rings is 2. The summed E-state index contributed by atoms with van der Waals surface area (Å²) >= 11 is 7.50. The summed E-state index contributed by atoms with van der Waals surface area (Å²) in [6.45, 7) is 0. The first-order chi connectivity index (χ1) is 10.2. The minimum atomic E-state index is 0.262. The molecule has 0 radical (unpaired) electrons. The lowest BCUT2D eigenvalue weighted by atomic mass is 10.1. The lowest BCUT2D eigenvalue weighted by Gasteiger charge is -2.03. The maximum Gasteiger partial charge on any atom is 0.131 e. The molecule has 0 saturated carbocycles. The fraction of sp³-hybridized carbons (Fsp3) is 0.0625. The van der Waals surface area contributed by atoms with Gasteiger partial charge in [-0.15, -0.1) is 11.8 Å². The zero-order chi connectivity index (χ0) is 14.7. The molecular weight excluding hydrogens is 306 g/mol. The fourth-order valence-electron chi connectivity index (χ4n) is 1.95. The van der Waals surface area contributed by atoms with Gasteiger partial charge in [-0.05, 0) is 35.9 Å². The smallest absolute Gasteiger partial charge is 0.131 e. The first kappa shape index (κ1) is 14.0. The third-order valence-corrected chi connectivity index (χ3v) is 4.25. The number of aromatic hydroxyl groups is 1. The summed E-state index contributed by atoms with van der Waals surface area (Å²) in [7, 11) is 0. The molecule has 2 aromatic carbocycles. The van der Waals surface area contributed by atoms with E-state index in [0.29, 0.717) is 10.8 Å². The van der Waals surface area contributed by atoms with E-state index in [-0.39, 0.29) is 5.75 Å². The highest BCUT2D eigenvalue weighted by atomic mass is 35.5. The Morgan fingerprint density at radius 3 is 2.71 bits per heavy atom. The predicted octanol–water partition coefficient (Wildman–Crippen LogP) is 4.99. The monoisotopic (exact) mass is 317 g/mol. The molecular formula is C16H12ClNO2S. The molecule has 3 aromatic rings. The number of thioether (sulfide) groups is 1. The molecule has 0 amide bonds. The maximum atomic E-state index is 9.47. The first-order valence-electron chi connectivity index (χ1n) is 6.33. The van der Waals surface area contributed by atoms with Gasteiger partial charge in [0.05, 0.1) is 0 Å². The number of phenolic OH excluding ortho intramolecular Hbond substituents is 1. The highest BCUT2D eigenvalue weighted by Gasteiger charge is 2.10. The quantitative estimate of drug-likeness (QED) is 0.688. The molecule has 0 aliphatic rings. The average Bonchev–Trinajstić information content (AvgIpc) is 2.94. The van der Waals surface area contributed by atoms with Gasteiger partial charge in [-0.25, -0.2) is 0 Å². The maximum absolute atomic E-state index is 9.47. The van der Waals surface area contributed by atoms with Gasteiger partial charge in [-0.3, -0.25) is 0 Å². The van der Waals surface area contributed by atoms with Crippen molar-refractivity contribution < 1.29 is 9.63 Å². The van der Waals surface area contributed by atoms with Gasteiger partial charge in [0.1, 0.15) is 17.7 Å². The van der Waals surface area contributed by atoms with Crippen molar-refractivity contribution in [1.29, 1.82) is 0 Å². The molecule has 0 atom stereocenters. The Hall–Kier alpha value is -1.91. The van der Waals surface area contributed by atoms with Crippen LogP contribution in [0, 0.1) is 0 Å². The van der Waals surface area contributed by atoms with Crippen molar-refractivity contribution in [3.05, 3.63) is 65.5 Å². The molecule has 3 rings (SSSR count). The van der Waals surface area contributed by atoms with Crippen LogP contribution in [0.2, 0.25) is 5.02 Å². The van der Waals surface area contributed by atoms with Gasteiger partial charge in [0.15, 0.2) is 0 Å². The van der Waals surface area contributed by atoms with Gasteiger partial charge in [0.25, 0.3) is 0 Å². The standard InChI is InChI=1S/C16H12ClNO2S/c17-12-6-4-11(5-7-12)15-9-20-18-16(15)10-21-14-3-1-2-13(19)8-14/h1-9,19H,10H2. The van der Waals surface area contributed by atoms with Crippen molar-refractivity contribution >= 4 is 23.4 Å². The van der Waals surface area contributed by atoms with Gasteiger partial charge < -0.3 is 9.63 Å². The predicted molar refractivity (Wildman–Crippen MR) is 84.6 cm³/mol. The van der Waals surface area contributed by atoms with Gasteiger partial charge in [-0.1, -0.05) is 35.0 Å². The van der Waals surface area contributed by atoms with Gasteiger partial charge in [-0.2, -0.15) is 0 Å². The van der Waals surface area contributed by atoms with Crippen molar-refractivity contribution in [3.8, 4) is 16.9 Å². The van der Waals surface area contributed by atoms with Gasteiger partial charge in [0.2, 0.25) is 0 Å². The topological polar surface area (TPSA) is 46.3 Å². The van der Waals surface area contributed by atoms with Gasteiger partial charge in [0, 0.05) is 21.2 Å². The van der Waals surface area contributed by atoms with Crippen LogP contribution in [-0.4, -0.2) is 10.3 Å². The molecule has 1 heterocycles. The van der Waals surface area contributed by atoms with Crippen LogP contribution in [-0.2, 0) is 5.75 Å². The summed E-state index contributed by atoms with van der Waals surface area (Å²) in [5.74, 6) is 0.927. The second-order valence-corrected chi connectivity index (χ2v) is 5.95. The van der Waals surface area contributed by atoms with E-state index < -0.39 is 0 Å². The zero-order valence-corrected chi connectivity index (χ0v) is 12.6. The van der Waals surface area contributed by atoms with E-state index in [4.69, 9.17) is 16.1 Å². The van der Waals surface area contributed by atoms with Crippen molar-refractivity contribution in [3.63, 3.8) is 0 Å². The molecule has 21 heavy (non-hydrogen) atoms. The van der Waals surface area contributed by atoms with Crippen molar-refractivity contribution in [2.45, 2.75) is 10.6 Å². The van der Waals surface area contributed by atoms with E-state index in [2.05, 4.69) is 5.16 Å². The third kappa shape index (κ3) is 3.40. The van der Waals surface area contributed by atoms with Crippen LogP contribution < -0.4 is 0 Å². The number of hydrogen-bond acceptors (Lipinski definition) is 4. The highest BCUT2D eigenvalue weighted by Crippen LogP contribution is 2.30. The van der Waals surface area contributed by atoms with E-state index in [1.165, 1.54) is 0 Å². The first-order valence-corrected chi connectivity index (χ1v) is 7.70. The number of halogens is 1. The molecule has 0 saturated heterocycles. The lowest BCUT2D eigenvalue weighted by molar-refractivity contribution is 0.414. The van der Waals surface area contributed by atoms with Crippen LogP contribution in [0.15, 0.2) is 64.2 Å². The van der Waals surface area contributed by atoms with Crippen LogP contribution in [0.25, 0.3) is 11.1 Å². The summed E-state index contributed by atoms with van der Waals surface area (Å²) in [5.41, 5.74) is 2.84. The molecule has 106 valence electrons. The second kappa shape index (κ2) is 6.24. The Morgan fingerprint density at radius 1 is 1.14 bits per heavy atom. The largest absolute Gasteiger partial charge is 0.508 e. The molecule has 0 bridgehead atoms. The Labute approximate surface area is 131 Å². The molecule has 0 unspecified atom stereocenters. The van der Waals surface area contributed by atoms with Crippen molar-refractivity contribution in [2.75, 3.05) is 0 Å². The number of rotatable bonds is 4. The second-order valence-electron chi connectivity index (χ2n) is 4.47. The molecule has 5 heteroatoms. The summed E-state index contributed by atoms with van der Waals surface area (Å²) in [6, 6.07) is 14.7. The lowest BCUT2D eigenvalue weighted by Crippen LogP contribution is -1.85. The minimum absolute atomic E-state index is 0.262. The van der Waals surface area contributed by atoms with E-state index in [1.54, 1.807) is 30.2 Å². The molecule has 0 aliphatic carbocycles. The van der Waals surface area contributed by atoms with E-state index >= 15 is 0 Å². The summed E-state index contributed by atoms with van der Waals surface area (Å²) in [6.07, 6.45) is 1.64. The molecule has 1 N–H and O–H groups in total. The number of nitrogens with zero attached hydrogens (tertiary/aromatic N) is 1. The molecule has 3 nitrogen and oxygen atoms in total. The molecule has 0 spiro atoms. The molecule has 0 aliphatic heterocycles. The van der Waals surface area contributed by atoms with E-state index in [1.807, 2.05) is 36.4 Å². The highest BCUT2D eigenvalue weighted by molar-refractivity contribution is 7.98. The Kier molecular flexibility index (Phi) is 4.18. The van der Waals surface area contributed by atoms with Crippen LogP contribution in [0.3, 0.4) is 0 Å². The summed E-state index contributed by atoms with van der Waals surface area (Å²) in [5, 5.41) is 14.2. The van der Waals surface area contributed by atoms with Crippen molar-refractivity contribution in [1.82, 2.24) is 5.16 Å². The SMILES string of the molecule is Oc1cccc(SCc2nocc2-c2ccc(Cl)cc2)c1. The molecule has 0 fully saturated rings. The number of aromatic nitrogens is 1. The van der Waals surface area contributed by atoms with E-state index in [9.17, 15) is 5.11 Å². The van der Waals surface area contributed by atoms with Crippen LogP contribution >= 0.6 is 23.4 Å².